The Kier molecular flexibility index (Phi) is 7.82. The summed E-state index contributed by atoms with van der Waals surface area (Å²) < 4.78 is 5.01. The topological polar surface area (TPSA) is 93.0 Å². The molecule has 1 aliphatic rings. The summed E-state index contributed by atoms with van der Waals surface area (Å²) in [6, 6.07) is 13.5. The molecule has 0 bridgehead atoms. The van der Waals surface area contributed by atoms with Crippen LogP contribution in [0.25, 0.3) is 17.2 Å². The smallest absolute Gasteiger partial charge is 0.409 e. The van der Waals surface area contributed by atoms with Gasteiger partial charge in [-0.2, -0.15) is 0 Å². The Morgan fingerprint density at radius 3 is 2.45 bits per heavy atom. The largest absolute Gasteiger partial charge is 0.450 e. The Hall–Kier alpha value is -3.68. The van der Waals surface area contributed by atoms with Gasteiger partial charge < -0.3 is 14.5 Å². The molecule has 0 unspecified atom stereocenters. The van der Waals surface area contributed by atoms with Gasteiger partial charge in [0.05, 0.1) is 23.2 Å². The van der Waals surface area contributed by atoms with E-state index in [1.807, 2.05) is 38.1 Å². The molecular formula is C25H28N3O5. The van der Waals surface area contributed by atoms with Gasteiger partial charge in [-0.15, -0.1) is 0 Å². The average Bonchev–Trinajstić information content (AvgIpc) is 2.82. The molecule has 0 spiro atoms. The fraction of sp³-hybridized carbons (Fsp3) is 0.360. The van der Waals surface area contributed by atoms with Crippen LogP contribution in [0.3, 0.4) is 0 Å². The molecule has 173 valence electrons. The van der Waals surface area contributed by atoms with Crippen molar-refractivity contribution >= 4 is 23.8 Å². The molecule has 1 radical (unpaired) electrons. The fourth-order valence-corrected chi connectivity index (χ4v) is 3.89. The van der Waals surface area contributed by atoms with E-state index >= 15 is 0 Å². The van der Waals surface area contributed by atoms with Crippen LogP contribution in [0.15, 0.2) is 42.5 Å². The maximum absolute atomic E-state index is 12.8. The molecule has 0 N–H and O–H groups in total. The van der Waals surface area contributed by atoms with Crippen LogP contribution in [0.4, 0.5) is 10.5 Å². The molecule has 3 rings (SSSR count). The van der Waals surface area contributed by atoms with Crippen LogP contribution < -0.4 is 0 Å². The monoisotopic (exact) mass is 450 g/mol. The molecule has 33 heavy (non-hydrogen) atoms. The van der Waals surface area contributed by atoms with Crippen LogP contribution in [0.2, 0.25) is 0 Å². The van der Waals surface area contributed by atoms with Gasteiger partial charge in [-0.1, -0.05) is 44.2 Å². The second-order valence-electron chi connectivity index (χ2n) is 8.00. The number of carbonyl (C=O) groups is 2. The maximum atomic E-state index is 12.8. The van der Waals surface area contributed by atoms with Crippen molar-refractivity contribution in [3.05, 3.63) is 69.8 Å². The minimum atomic E-state index is -0.444. The lowest BCUT2D eigenvalue weighted by Crippen LogP contribution is -2.50. The van der Waals surface area contributed by atoms with E-state index in [4.69, 9.17) is 4.74 Å². The average molecular weight is 451 g/mol. The molecule has 8 nitrogen and oxygen atoms in total. The molecule has 0 saturated carbocycles. The number of nitro benzene ring substituents is 1. The highest BCUT2D eigenvalue weighted by molar-refractivity contribution is 5.94. The minimum Gasteiger partial charge on any atom is -0.450 e. The van der Waals surface area contributed by atoms with Gasteiger partial charge in [0.15, 0.2) is 0 Å². The lowest BCUT2D eigenvalue weighted by atomic mass is 9.89. The number of hydrogen-bond donors (Lipinski definition) is 0. The molecule has 2 aromatic carbocycles. The first-order valence-corrected chi connectivity index (χ1v) is 11.0. The molecular weight excluding hydrogens is 422 g/mol. The van der Waals surface area contributed by atoms with Gasteiger partial charge in [0.2, 0.25) is 5.91 Å². The lowest BCUT2D eigenvalue weighted by Gasteiger charge is -2.33. The van der Waals surface area contributed by atoms with Gasteiger partial charge >= 0.3 is 6.09 Å². The van der Waals surface area contributed by atoms with Crippen LogP contribution in [0, 0.1) is 16.2 Å². The number of benzene rings is 2. The van der Waals surface area contributed by atoms with Crippen molar-refractivity contribution in [1.82, 2.24) is 9.80 Å². The molecule has 2 amide bonds. The van der Waals surface area contributed by atoms with Crippen molar-refractivity contribution in [3.63, 3.8) is 0 Å². The molecule has 1 fully saturated rings. The number of carbonyl (C=O) groups excluding carboxylic acids is 2. The normalized spacial score (nSPS) is 14.1. The molecule has 1 heterocycles. The number of nitrogens with zero attached hydrogens (tertiary/aromatic N) is 3. The maximum Gasteiger partial charge on any atom is 0.409 e. The summed E-state index contributed by atoms with van der Waals surface area (Å²) in [4.78, 5) is 39.2. The number of hydrogen-bond acceptors (Lipinski definition) is 5. The Balaban J connectivity index is 1.86. The van der Waals surface area contributed by atoms with Gasteiger partial charge in [-0.3, -0.25) is 14.9 Å². The third-order valence-electron chi connectivity index (χ3n) is 5.57. The highest BCUT2D eigenvalue weighted by Crippen LogP contribution is 2.38. The zero-order valence-electron chi connectivity index (χ0n) is 19.1. The highest BCUT2D eigenvalue weighted by Gasteiger charge is 2.25. The van der Waals surface area contributed by atoms with E-state index in [0.717, 1.165) is 11.1 Å². The van der Waals surface area contributed by atoms with Crippen molar-refractivity contribution in [1.29, 1.82) is 0 Å². The fourth-order valence-electron chi connectivity index (χ4n) is 3.89. The van der Waals surface area contributed by atoms with Crippen molar-refractivity contribution < 1.29 is 19.2 Å². The second kappa shape index (κ2) is 10.8. The predicted octanol–water partition coefficient (Wildman–Crippen LogP) is 4.50. The van der Waals surface area contributed by atoms with Crippen LogP contribution in [-0.4, -0.2) is 59.5 Å². The van der Waals surface area contributed by atoms with E-state index in [0.29, 0.717) is 43.9 Å². The van der Waals surface area contributed by atoms with E-state index in [1.54, 1.807) is 28.9 Å². The number of rotatable bonds is 6. The number of nitro groups is 1. The molecule has 2 aromatic rings. The van der Waals surface area contributed by atoms with Gasteiger partial charge in [0.1, 0.15) is 0 Å². The molecule has 0 atom stereocenters. The van der Waals surface area contributed by atoms with Crippen LogP contribution >= 0.6 is 0 Å². The molecule has 0 aliphatic carbocycles. The molecule has 1 saturated heterocycles. The van der Waals surface area contributed by atoms with E-state index in [9.17, 15) is 19.7 Å². The SMILES string of the molecule is CCOC(=O)N1CCN(C(=O)/C=C/c2cc[c]c([N+](=O)[O-])c2-c2ccccc2C(C)C)CC1. The van der Waals surface area contributed by atoms with Crippen molar-refractivity contribution in [3.8, 4) is 11.1 Å². The van der Waals surface area contributed by atoms with Gasteiger partial charge in [0, 0.05) is 32.3 Å². The zero-order chi connectivity index (χ0) is 24.0. The van der Waals surface area contributed by atoms with E-state index in [2.05, 4.69) is 6.07 Å². The first-order chi connectivity index (χ1) is 15.8. The Morgan fingerprint density at radius 1 is 1.15 bits per heavy atom. The zero-order valence-corrected chi connectivity index (χ0v) is 19.1. The van der Waals surface area contributed by atoms with Gasteiger partial charge in [-0.25, -0.2) is 4.79 Å². The summed E-state index contributed by atoms with van der Waals surface area (Å²) >= 11 is 0. The van der Waals surface area contributed by atoms with Crippen LogP contribution in [0.1, 0.15) is 37.8 Å². The molecule has 8 heteroatoms. The molecule has 1 aliphatic heterocycles. The van der Waals surface area contributed by atoms with Crippen molar-refractivity contribution in [2.45, 2.75) is 26.7 Å². The number of ether oxygens (including phenoxy) is 1. The molecule has 0 aromatic heterocycles. The Morgan fingerprint density at radius 2 is 1.82 bits per heavy atom. The standard InChI is InChI=1S/C25H28N3O5/c1-4-33-25(30)27-16-14-26(15-17-27)23(29)13-12-19-8-7-11-22(28(31)32)24(19)21-10-6-5-9-20(21)18(2)3/h5-10,12-13,18H,4,14-17H2,1-3H3/b13-12+. The summed E-state index contributed by atoms with van der Waals surface area (Å²) in [6.07, 6.45) is 2.68. The first kappa shape index (κ1) is 24.0. The lowest BCUT2D eigenvalue weighted by molar-refractivity contribution is -0.384. The predicted molar refractivity (Wildman–Crippen MR) is 126 cm³/mol. The van der Waals surface area contributed by atoms with Crippen molar-refractivity contribution in [2.75, 3.05) is 32.8 Å². The second-order valence-corrected chi connectivity index (χ2v) is 8.00. The summed E-state index contributed by atoms with van der Waals surface area (Å²) in [7, 11) is 0. The van der Waals surface area contributed by atoms with E-state index < -0.39 is 4.92 Å². The van der Waals surface area contributed by atoms with Crippen LogP contribution in [-0.2, 0) is 9.53 Å². The van der Waals surface area contributed by atoms with E-state index in [1.165, 1.54) is 12.1 Å². The number of amides is 2. The first-order valence-electron chi connectivity index (χ1n) is 11.0. The Labute approximate surface area is 193 Å². The summed E-state index contributed by atoms with van der Waals surface area (Å²) in [5.74, 6) is -0.0488. The van der Waals surface area contributed by atoms with Crippen LogP contribution in [0.5, 0.6) is 0 Å². The van der Waals surface area contributed by atoms with E-state index in [-0.39, 0.29) is 23.6 Å². The Bertz CT molecular complexity index is 1060. The minimum absolute atomic E-state index is 0.124. The number of piperazine rings is 1. The summed E-state index contributed by atoms with van der Waals surface area (Å²) in [5.41, 5.74) is 2.64. The van der Waals surface area contributed by atoms with Crippen molar-refractivity contribution in [2.24, 2.45) is 0 Å². The highest BCUT2D eigenvalue weighted by atomic mass is 16.6. The quantitative estimate of drug-likeness (QED) is 0.367. The van der Waals surface area contributed by atoms with Gasteiger partial charge in [0.25, 0.3) is 5.69 Å². The van der Waals surface area contributed by atoms with Gasteiger partial charge in [-0.05, 0) is 41.7 Å². The summed E-state index contributed by atoms with van der Waals surface area (Å²) in [5, 5.41) is 11.8. The third-order valence-corrected chi connectivity index (χ3v) is 5.57. The summed E-state index contributed by atoms with van der Waals surface area (Å²) in [6.45, 7) is 7.72. The third kappa shape index (κ3) is 5.58.